The van der Waals surface area contributed by atoms with Crippen LogP contribution in [-0.2, 0) is 4.79 Å². The van der Waals surface area contributed by atoms with Gasteiger partial charge in [-0.25, -0.2) is 9.59 Å². The fourth-order valence-electron chi connectivity index (χ4n) is 3.11. The second-order valence-electron chi connectivity index (χ2n) is 6.19. The topological polar surface area (TPSA) is 93.1 Å². The lowest BCUT2D eigenvalue weighted by molar-refractivity contribution is -0.141. The Morgan fingerprint density at radius 1 is 1.33 bits per heavy atom. The minimum Gasteiger partial charge on any atom is -0.480 e. The molecule has 2 rings (SSSR count). The molecular formula is C14H25N3O4. The number of rotatable bonds is 5. The molecule has 2 aliphatic heterocycles. The number of hydrogen-bond acceptors (Lipinski definition) is 4. The number of aliphatic carboxylic acids is 1. The molecule has 2 saturated heterocycles. The average Bonchev–Trinajstić information content (AvgIpc) is 3.05. The van der Waals surface area contributed by atoms with Crippen LogP contribution in [0.15, 0.2) is 0 Å². The molecule has 7 nitrogen and oxygen atoms in total. The Balaban J connectivity index is 1.76. The molecule has 7 heteroatoms. The van der Waals surface area contributed by atoms with Crippen LogP contribution in [-0.4, -0.2) is 76.9 Å². The van der Waals surface area contributed by atoms with E-state index in [0.29, 0.717) is 12.5 Å². The van der Waals surface area contributed by atoms with E-state index in [2.05, 4.69) is 17.1 Å². The normalized spacial score (nSPS) is 27.8. The number of aliphatic hydroxyl groups is 1. The van der Waals surface area contributed by atoms with E-state index in [1.165, 1.54) is 17.7 Å². The van der Waals surface area contributed by atoms with Crippen LogP contribution in [0.1, 0.15) is 26.2 Å². The van der Waals surface area contributed by atoms with Crippen molar-refractivity contribution in [1.82, 2.24) is 15.1 Å². The lowest BCUT2D eigenvalue weighted by Crippen LogP contribution is -2.47. The highest BCUT2D eigenvalue weighted by Gasteiger charge is 2.38. The van der Waals surface area contributed by atoms with Gasteiger partial charge in [0.1, 0.15) is 6.04 Å². The Bertz CT molecular complexity index is 384. The Labute approximate surface area is 124 Å². The monoisotopic (exact) mass is 299 g/mol. The SMILES string of the molecule is CC(CNC(=O)N1C[C@H](O)C[C@H]1C(=O)O)CN1CCCC1. The molecule has 1 unspecified atom stereocenters. The maximum absolute atomic E-state index is 12.1. The van der Waals surface area contributed by atoms with Gasteiger partial charge in [0, 0.05) is 26.1 Å². The molecule has 0 aliphatic carbocycles. The van der Waals surface area contributed by atoms with Crippen LogP contribution in [0.25, 0.3) is 0 Å². The number of amides is 2. The number of carbonyl (C=O) groups excluding carboxylic acids is 1. The second kappa shape index (κ2) is 7.09. The molecule has 0 bridgehead atoms. The number of β-amino-alcohol motifs (C(OH)–C–C–N with tert-alkyl or cyclic N) is 1. The van der Waals surface area contributed by atoms with E-state index in [-0.39, 0.29) is 13.0 Å². The van der Waals surface area contributed by atoms with Gasteiger partial charge in [-0.05, 0) is 31.8 Å². The van der Waals surface area contributed by atoms with Crippen molar-refractivity contribution in [2.45, 2.75) is 38.3 Å². The molecule has 0 aromatic heterocycles. The Morgan fingerprint density at radius 2 is 2.00 bits per heavy atom. The summed E-state index contributed by atoms with van der Waals surface area (Å²) in [4.78, 5) is 26.8. The molecule has 2 fully saturated rings. The number of urea groups is 1. The first-order valence-electron chi connectivity index (χ1n) is 7.65. The number of carbonyl (C=O) groups is 2. The summed E-state index contributed by atoms with van der Waals surface area (Å²) in [6.45, 7) is 5.88. The fraction of sp³-hybridized carbons (Fsp3) is 0.857. The smallest absolute Gasteiger partial charge is 0.326 e. The van der Waals surface area contributed by atoms with Gasteiger partial charge in [0.25, 0.3) is 0 Å². The van der Waals surface area contributed by atoms with Gasteiger partial charge in [-0.1, -0.05) is 6.92 Å². The van der Waals surface area contributed by atoms with Crippen LogP contribution in [0.3, 0.4) is 0 Å². The zero-order chi connectivity index (χ0) is 15.4. The summed E-state index contributed by atoms with van der Waals surface area (Å²) in [6, 6.07) is -1.32. The lowest BCUT2D eigenvalue weighted by Gasteiger charge is -2.24. The van der Waals surface area contributed by atoms with Crippen LogP contribution >= 0.6 is 0 Å². The third-order valence-electron chi connectivity index (χ3n) is 4.20. The van der Waals surface area contributed by atoms with Crippen molar-refractivity contribution in [2.24, 2.45) is 5.92 Å². The number of nitrogens with one attached hydrogen (secondary N) is 1. The molecular weight excluding hydrogens is 274 g/mol. The van der Waals surface area contributed by atoms with E-state index in [9.17, 15) is 14.7 Å². The van der Waals surface area contributed by atoms with E-state index < -0.39 is 24.1 Å². The Kier molecular flexibility index (Phi) is 5.41. The number of carboxylic acids is 1. The number of likely N-dealkylation sites (tertiary alicyclic amines) is 2. The summed E-state index contributed by atoms with van der Waals surface area (Å²) in [6.07, 6.45) is 1.83. The van der Waals surface area contributed by atoms with Gasteiger partial charge in [0.15, 0.2) is 0 Å². The summed E-state index contributed by atoms with van der Waals surface area (Å²) in [5, 5.41) is 21.4. The van der Waals surface area contributed by atoms with Gasteiger partial charge < -0.3 is 25.3 Å². The predicted molar refractivity (Wildman–Crippen MR) is 77.0 cm³/mol. The molecule has 3 atom stereocenters. The largest absolute Gasteiger partial charge is 0.480 e. The summed E-state index contributed by atoms with van der Waals surface area (Å²) in [5.41, 5.74) is 0. The fourth-order valence-corrected chi connectivity index (χ4v) is 3.11. The van der Waals surface area contributed by atoms with Crippen LogP contribution in [0.5, 0.6) is 0 Å². The van der Waals surface area contributed by atoms with Gasteiger partial charge in [0.05, 0.1) is 6.10 Å². The maximum Gasteiger partial charge on any atom is 0.326 e. The molecule has 0 saturated carbocycles. The number of hydrogen-bond donors (Lipinski definition) is 3. The summed E-state index contributed by atoms with van der Waals surface area (Å²) in [7, 11) is 0. The van der Waals surface area contributed by atoms with E-state index in [1.807, 2.05) is 0 Å². The summed E-state index contributed by atoms with van der Waals surface area (Å²) < 4.78 is 0. The first-order chi connectivity index (χ1) is 9.97. The van der Waals surface area contributed by atoms with Crippen molar-refractivity contribution < 1.29 is 19.8 Å². The van der Waals surface area contributed by atoms with Crippen molar-refractivity contribution in [1.29, 1.82) is 0 Å². The number of aliphatic hydroxyl groups excluding tert-OH is 1. The standard InChI is InChI=1S/C14H25N3O4/c1-10(8-16-4-2-3-5-16)7-15-14(21)17-9-11(18)6-12(17)13(19)20/h10-12,18H,2-9H2,1H3,(H,15,21)(H,19,20)/t10?,11-,12+/m1/s1. The predicted octanol–water partition coefficient (Wildman–Crippen LogP) is -0.0523. The molecule has 0 spiro atoms. The second-order valence-corrected chi connectivity index (χ2v) is 6.19. The molecule has 3 N–H and O–H groups in total. The lowest BCUT2D eigenvalue weighted by atomic mass is 10.1. The van der Waals surface area contributed by atoms with E-state index in [0.717, 1.165) is 19.6 Å². The molecule has 0 aromatic carbocycles. The van der Waals surface area contributed by atoms with Crippen LogP contribution in [0.4, 0.5) is 4.79 Å². The van der Waals surface area contributed by atoms with Crippen molar-refractivity contribution in [3.63, 3.8) is 0 Å². The van der Waals surface area contributed by atoms with Crippen molar-refractivity contribution in [3.8, 4) is 0 Å². The molecule has 21 heavy (non-hydrogen) atoms. The van der Waals surface area contributed by atoms with Crippen LogP contribution in [0.2, 0.25) is 0 Å². The average molecular weight is 299 g/mol. The maximum atomic E-state index is 12.1. The quantitative estimate of drug-likeness (QED) is 0.662. The van der Waals surface area contributed by atoms with Crippen LogP contribution < -0.4 is 5.32 Å². The van der Waals surface area contributed by atoms with Gasteiger partial charge in [-0.3, -0.25) is 0 Å². The zero-order valence-corrected chi connectivity index (χ0v) is 12.5. The van der Waals surface area contributed by atoms with Gasteiger partial charge in [0.2, 0.25) is 0 Å². The highest BCUT2D eigenvalue weighted by molar-refractivity contribution is 5.83. The molecule has 0 aromatic rings. The number of nitrogens with zero attached hydrogens (tertiary/aromatic N) is 2. The minimum atomic E-state index is -1.06. The minimum absolute atomic E-state index is 0.0866. The van der Waals surface area contributed by atoms with Gasteiger partial charge in [-0.15, -0.1) is 0 Å². The zero-order valence-electron chi connectivity index (χ0n) is 12.5. The Hall–Kier alpha value is -1.34. The van der Waals surface area contributed by atoms with Crippen molar-refractivity contribution in [2.75, 3.05) is 32.7 Å². The Morgan fingerprint density at radius 3 is 2.62 bits per heavy atom. The summed E-state index contributed by atoms with van der Waals surface area (Å²) >= 11 is 0. The molecule has 120 valence electrons. The summed E-state index contributed by atoms with van der Waals surface area (Å²) in [5.74, 6) is -0.741. The van der Waals surface area contributed by atoms with E-state index in [4.69, 9.17) is 5.11 Å². The van der Waals surface area contributed by atoms with Gasteiger partial charge in [-0.2, -0.15) is 0 Å². The highest BCUT2D eigenvalue weighted by atomic mass is 16.4. The molecule has 2 heterocycles. The third kappa shape index (κ3) is 4.31. The van der Waals surface area contributed by atoms with Crippen LogP contribution in [0, 0.1) is 5.92 Å². The highest BCUT2D eigenvalue weighted by Crippen LogP contribution is 2.18. The number of carboxylic acid groups (broad SMARTS) is 1. The molecule has 0 radical (unpaired) electrons. The molecule has 2 amide bonds. The molecule has 2 aliphatic rings. The van der Waals surface area contributed by atoms with Crippen molar-refractivity contribution in [3.05, 3.63) is 0 Å². The first-order valence-corrected chi connectivity index (χ1v) is 7.65. The van der Waals surface area contributed by atoms with Crippen molar-refractivity contribution >= 4 is 12.0 Å². The van der Waals surface area contributed by atoms with E-state index >= 15 is 0 Å². The van der Waals surface area contributed by atoms with Gasteiger partial charge >= 0.3 is 12.0 Å². The third-order valence-corrected chi connectivity index (χ3v) is 4.20. The van der Waals surface area contributed by atoms with E-state index in [1.54, 1.807) is 0 Å². The first kappa shape index (κ1) is 16.0.